The Hall–Kier alpha value is -2.87. The van der Waals surface area contributed by atoms with Crippen LogP contribution in [0.25, 0.3) is 4.91 Å². The lowest BCUT2D eigenvalue weighted by atomic mass is 10.0. The molecule has 1 saturated heterocycles. The Morgan fingerprint density at radius 1 is 1.14 bits per heavy atom. The van der Waals surface area contributed by atoms with Gasteiger partial charge in [0.15, 0.2) is 5.76 Å². The van der Waals surface area contributed by atoms with Gasteiger partial charge in [-0.05, 0) is 37.5 Å². The van der Waals surface area contributed by atoms with Crippen molar-refractivity contribution in [3.05, 3.63) is 65.6 Å². The van der Waals surface area contributed by atoms with Gasteiger partial charge in [-0.1, -0.05) is 30.3 Å². The number of rotatable bonds is 3. The molecular formula is C20H21N3O4S. The van der Waals surface area contributed by atoms with E-state index < -0.39 is 10.0 Å². The minimum Gasteiger partial charge on any atom is -0.459 e. The summed E-state index contributed by atoms with van der Waals surface area (Å²) in [5.41, 5.74) is 1.32. The Morgan fingerprint density at radius 2 is 1.86 bits per heavy atom. The van der Waals surface area contributed by atoms with Crippen molar-refractivity contribution in [1.29, 1.82) is 0 Å². The van der Waals surface area contributed by atoms with Crippen LogP contribution in [-0.2, 0) is 10.0 Å². The molecule has 8 heteroatoms. The number of furan rings is 1. The third kappa shape index (κ3) is 3.47. The van der Waals surface area contributed by atoms with Crippen LogP contribution in [-0.4, -0.2) is 44.2 Å². The van der Waals surface area contributed by atoms with Crippen LogP contribution in [0, 0.1) is 0 Å². The molecule has 0 unspecified atom stereocenters. The van der Waals surface area contributed by atoms with Gasteiger partial charge in [-0.25, -0.2) is 0 Å². The summed E-state index contributed by atoms with van der Waals surface area (Å²) >= 11 is 0. The first-order chi connectivity index (χ1) is 13.5. The molecule has 2 aromatic rings. The molecule has 0 bridgehead atoms. The Morgan fingerprint density at radius 3 is 2.50 bits per heavy atom. The van der Waals surface area contributed by atoms with Crippen molar-refractivity contribution in [3.63, 3.8) is 0 Å². The predicted molar refractivity (Wildman–Crippen MR) is 106 cm³/mol. The minimum absolute atomic E-state index is 0.0188. The second kappa shape index (κ2) is 7.27. The van der Waals surface area contributed by atoms with E-state index >= 15 is 0 Å². The molecule has 0 saturated carbocycles. The summed E-state index contributed by atoms with van der Waals surface area (Å²) in [6.07, 6.45) is 2.88. The van der Waals surface area contributed by atoms with Gasteiger partial charge >= 0.3 is 0 Å². The van der Waals surface area contributed by atoms with E-state index in [1.54, 1.807) is 31.2 Å². The third-order valence-corrected chi connectivity index (χ3v) is 6.52. The van der Waals surface area contributed by atoms with Gasteiger partial charge in [-0.2, -0.15) is 8.42 Å². The van der Waals surface area contributed by atoms with Gasteiger partial charge in [-0.15, -0.1) is 4.40 Å². The molecule has 3 heterocycles. The fraction of sp³-hybridized carbons (Fsp3) is 0.300. The molecule has 1 N–H and O–H groups in total. The summed E-state index contributed by atoms with van der Waals surface area (Å²) in [6, 6.07) is 12.4. The van der Waals surface area contributed by atoms with Crippen LogP contribution >= 0.6 is 0 Å². The van der Waals surface area contributed by atoms with E-state index in [0.29, 0.717) is 48.7 Å². The molecule has 1 aromatic heterocycles. The number of nitrogens with one attached hydrogen (secondary N) is 1. The number of amides is 1. The standard InChI is InChI=1S/C20H21N3O4S/c1-14-18(15-6-3-2-4-7-15)28(25,26)22-19(14)23-11-9-16(10-12-23)21-20(24)17-8-5-13-27-17/h2-8,13,16H,9-12H2,1H3,(H,21,24). The number of hydrogen-bond donors (Lipinski definition) is 1. The lowest BCUT2D eigenvalue weighted by Gasteiger charge is -2.33. The van der Waals surface area contributed by atoms with Crippen molar-refractivity contribution >= 4 is 26.7 Å². The van der Waals surface area contributed by atoms with E-state index in [9.17, 15) is 13.2 Å². The van der Waals surface area contributed by atoms with Crippen molar-refractivity contribution in [2.75, 3.05) is 13.1 Å². The summed E-state index contributed by atoms with van der Waals surface area (Å²) in [4.78, 5) is 14.4. The second-order valence-corrected chi connectivity index (χ2v) is 8.46. The maximum atomic E-state index is 12.6. The van der Waals surface area contributed by atoms with E-state index in [1.807, 2.05) is 23.1 Å². The van der Waals surface area contributed by atoms with Crippen molar-refractivity contribution in [3.8, 4) is 0 Å². The normalized spacial score (nSPS) is 19.6. The van der Waals surface area contributed by atoms with E-state index in [1.165, 1.54) is 6.26 Å². The monoisotopic (exact) mass is 399 g/mol. The molecule has 0 spiro atoms. The molecule has 7 nitrogen and oxygen atoms in total. The van der Waals surface area contributed by atoms with Gasteiger partial charge in [0.1, 0.15) is 10.7 Å². The van der Waals surface area contributed by atoms with Crippen molar-refractivity contribution in [2.24, 2.45) is 4.40 Å². The third-order valence-electron chi connectivity index (χ3n) is 5.05. The Labute approximate surface area is 163 Å². The summed E-state index contributed by atoms with van der Waals surface area (Å²) in [7, 11) is -3.71. The highest BCUT2D eigenvalue weighted by molar-refractivity contribution is 8.00. The van der Waals surface area contributed by atoms with Crippen LogP contribution < -0.4 is 5.32 Å². The van der Waals surface area contributed by atoms with Crippen LogP contribution in [0.3, 0.4) is 0 Å². The highest BCUT2D eigenvalue weighted by Crippen LogP contribution is 2.34. The number of sulfonamides is 1. The number of likely N-dealkylation sites (tertiary alicyclic amines) is 1. The number of carbonyl (C=O) groups is 1. The SMILES string of the molecule is CC1=C(c2ccccc2)S(=O)(=O)N=C1N1CCC(NC(=O)c2ccco2)CC1. The van der Waals surface area contributed by atoms with Crippen molar-refractivity contribution < 1.29 is 17.6 Å². The first kappa shape index (κ1) is 18.5. The molecule has 2 aliphatic rings. The number of piperidine rings is 1. The van der Waals surface area contributed by atoms with Crippen LogP contribution in [0.1, 0.15) is 35.9 Å². The van der Waals surface area contributed by atoms with E-state index in [0.717, 1.165) is 0 Å². The average Bonchev–Trinajstić information content (AvgIpc) is 3.30. The number of carbonyl (C=O) groups excluding carboxylic acids is 1. The molecular weight excluding hydrogens is 378 g/mol. The van der Waals surface area contributed by atoms with E-state index in [2.05, 4.69) is 9.71 Å². The zero-order valence-electron chi connectivity index (χ0n) is 15.5. The number of benzene rings is 1. The number of nitrogens with zero attached hydrogens (tertiary/aromatic N) is 2. The molecule has 1 amide bonds. The zero-order chi connectivity index (χ0) is 19.7. The Balaban J connectivity index is 1.46. The highest BCUT2D eigenvalue weighted by Gasteiger charge is 2.35. The summed E-state index contributed by atoms with van der Waals surface area (Å²) in [5.74, 6) is 0.571. The maximum absolute atomic E-state index is 12.6. The van der Waals surface area contributed by atoms with E-state index in [-0.39, 0.29) is 16.9 Å². The fourth-order valence-corrected chi connectivity index (χ4v) is 5.16. The Kier molecular flexibility index (Phi) is 4.80. The fourth-order valence-electron chi connectivity index (χ4n) is 3.67. The van der Waals surface area contributed by atoms with Crippen molar-refractivity contribution in [2.45, 2.75) is 25.8 Å². The van der Waals surface area contributed by atoms with Gasteiger partial charge in [0, 0.05) is 24.7 Å². The largest absolute Gasteiger partial charge is 0.459 e. The van der Waals surface area contributed by atoms with Crippen LogP contribution in [0.4, 0.5) is 0 Å². The van der Waals surface area contributed by atoms with Crippen LogP contribution in [0.5, 0.6) is 0 Å². The average molecular weight is 399 g/mol. The zero-order valence-corrected chi connectivity index (χ0v) is 16.3. The van der Waals surface area contributed by atoms with Gasteiger partial charge in [0.2, 0.25) is 0 Å². The van der Waals surface area contributed by atoms with Crippen molar-refractivity contribution in [1.82, 2.24) is 10.2 Å². The summed E-state index contributed by atoms with van der Waals surface area (Å²) in [6.45, 7) is 3.05. The molecule has 1 fully saturated rings. The lowest BCUT2D eigenvalue weighted by Crippen LogP contribution is -2.46. The van der Waals surface area contributed by atoms with Gasteiger partial charge in [0.25, 0.3) is 15.9 Å². The minimum atomic E-state index is -3.71. The first-order valence-corrected chi connectivity index (χ1v) is 10.6. The molecule has 146 valence electrons. The maximum Gasteiger partial charge on any atom is 0.287 e. The molecule has 2 aliphatic heterocycles. The molecule has 0 aliphatic carbocycles. The topological polar surface area (TPSA) is 92.0 Å². The number of amidine groups is 1. The molecule has 4 rings (SSSR count). The summed E-state index contributed by atoms with van der Waals surface area (Å²) in [5, 5.41) is 2.97. The Bertz CT molecular complexity index is 1030. The lowest BCUT2D eigenvalue weighted by molar-refractivity contribution is 0.0894. The van der Waals surface area contributed by atoms with Gasteiger partial charge < -0.3 is 14.6 Å². The van der Waals surface area contributed by atoms with Gasteiger partial charge in [-0.3, -0.25) is 4.79 Å². The predicted octanol–water partition coefficient (Wildman–Crippen LogP) is 2.65. The molecule has 1 aromatic carbocycles. The smallest absolute Gasteiger partial charge is 0.287 e. The van der Waals surface area contributed by atoms with Gasteiger partial charge in [0.05, 0.1) is 6.26 Å². The first-order valence-electron chi connectivity index (χ1n) is 9.16. The number of hydrogen-bond acceptors (Lipinski definition) is 5. The highest BCUT2D eigenvalue weighted by atomic mass is 32.2. The summed E-state index contributed by atoms with van der Waals surface area (Å²) < 4.78 is 34.4. The molecule has 28 heavy (non-hydrogen) atoms. The van der Waals surface area contributed by atoms with Crippen LogP contribution in [0.15, 0.2) is 63.1 Å². The second-order valence-electron chi connectivity index (χ2n) is 6.92. The molecule has 0 radical (unpaired) electrons. The van der Waals surface area contributed by atoms with E-state index in [4.69, 9.17) is 4.42 Å². The molecule has 0 atom stereocenters. The quantitative estimate of drug-likeness (QED) is 0.857. The van der Waals surface area contributed by atoms with Crippen LogP contribution in [0.2, 0.25) is 0 Å².